The van der Waals surface area contributed by atoms with E-state index in [9.17, 15) is 0 Å². The zero-order valence-corrected chi connectivity index (χ0v) is 13.4. The molecule has 3 atom stereocenters. The van der Waals surface area contributed by atoms with Gasteiger partial charge in [0.2, 0.25) is 0 Å². The number of rotatable bonds is 3. The molecule has 3 heteroatoms. The molecule has 1 aromatic heterocycles. The van der Waals surface area contributed by atoms with E-state index < -0.39 is 0 Å². The quantitative estimate of drug-likeness (QED) is 0.898. The van der Waals surface area contributed by atoms with Gasteiger partial charge in [-0.15, -0.1) is 11.3 Å². The maximum absolute atomic E-state index is 4.93. The van der Waals surface area contributed by atoms with Crippen molar-refractivity contribution < 1.29 is 0 Å². The molecule has 3 unspecified atom stereocenters. The normalized spacial score (nSPS) is 35.6. The maximum atomic E-state index is 4.93. The first-order valence-corrected chi connectivity index (χ1v) is 8.57. The number of aryl methyl sites for hydroxylation is 2. The molecule has 1 N–H and O–H groups in total. The highest BCUT2D eigenvalue weighted by atomic mass is 32.1. The van der Waals surface area contributed by atoms with E-state index in [0.29, 0.717) is 5.92 Å². The maximum Gasteiger partial charge on any atom is 0.114 e. The summed E-state index contributed by atoms with van der Waals surface area (Å²) in [6.45, 7) is 9.21. The summed E-state index contributed by atoms with van der Waals surface area (Å²) >= 11 is 1.92. The van der Waals surface area contributed by atoms with Crippen LogP contribution in [-0.2, 0) is 5.54 Å². The zero-order chi connectivity index (χ0) is 13.6. The zero-order valence-electron chi connectivity index (χ0n) is 12.6. The molecule has 0 saturated heterocycles. The first kappa shape index (κ1) is 13.6. The van der Waals surface area contributed by atoms with Gasteiger partial charge in [0, 0.05) is 10.9 Å². The summed E-state index contributed by atoms with van der Waals surface area (Å²) in [7, 11) is 0. The lowest BCUT2D eigenvalue weighted by molar-refractivity contribution is 0.101. The van der Waals surface area contributed by atoms with Gasteiger partial charge in [-0.3, -0.25) is 0 Å². The highest BCUT2D eigenvalue weighted by molar-refractivity contribution is 7.11. The number of nitrogens with one attached hydrogen (secondary N) is 1. The molecule has 2 nitrogen and oxygen atoms in total. The van der Waals surface area contributed by atoms with Crippen molar-refractivity contribution in [3.8, 4) is 0 Å². The first-order chi connectivity index (χ1) is 9.03. The third-order valence-corrected chi connectivity index (χ3v) is 6.56. The molecule has 2 aliphatic rings. The largest absolute Gasteiger partial charge is 0.302 e. The summed E-state index contributed by atoms with van der Waals surface area (Å²) < 4.78 is 0. The van der Waals surface area contributed by atoms with Crippen LogP contribution in [0.5, 0.6) is 0 Å². The van der Waals surface area contributed by atoms with Gasteiger partial charge >= 0.3 is 0 Å². The Morgan fingerprint density at radius 3 is 2.53 bits per heavy atom. The van der Waals surface area contributed by atoms with Crippen LogP contribution in [0.25, 0.3) is 0 Å². The summed E-state index contributed by atoms with van der Waals surface area (Å²) in [6, 6.07) is 0.747. The molecular weight excluding hydrogens is 252 g/mol. The van der Waals surface area contributed by atoms with Gasteiger partial charge in [-0.1, -0.05) is 26.7 Å². The van der Waals surface area contributed by atoms with E-state index in [4.69, 9.17) is 4.98 Å². The third kappa shape index (κ3) is 2.36. The van der Waals surface area contributed by atoms with Gasteiger partial charge in [-0.05, 0) is 44.9 Å². The van der Waals surface area contributed by atoms with Crippen LogP contribution < -0.4 is 5.32 Å². The van der Waals surface area contributed by atoms with E-state index in [1.165, 1.54) is 47.7 Å². The van der Waals surface area contributed by atoms with Crippen LogP contribution in [0.15, 0.2) is 0 Å². The van der Waals surface area contributed by atoms with Gasteiger partial charge in [0.1, 0.15) is 5.01 Å². The Morgan fingerprint density at radius 2 is 1.95 bits per heavy atom. The van der Waals surface area contributed by atoms with Gasteiger partial charge in [0.25, 0.3) is 0 Å². The lowest BCUT2D eigenvalue weighted by Crippen LogP contribution is -2.52. The Bertz CT molecular complexity index is 444. The Labute approximate surface area is 121 Å². The fourth-order valence-electron chi connectivity index (χ4n) is 3.49. The number of aromatic nitrogens is 1. The second kappa shape index (κ2) is 4.85. The van der Waals surface area contributed by atoms with E-state index in [1.54, 1.807) is 0 Å². The van der Waals surface area contributed by atoms with Crippen LogP contribution in [0.3, 0.4) is 0 Å². The van der Waals surface area contributed by atoms with E-state index in [0.717, 1.165) is 12.0 Å². The van der Waals surface area contributed by atoms with Crippen molar-refractivity contribution in [3.05, 3.63) is 15.6 Å². The average Bonchev–Trinajstić information content (AvgIpc) is 3.11. The van der Waals surface area contributed by atoms with E-state index in [1.807, 2.05) is 11.3 Å². The molecule has 0 radical (unpaired) electrons. The monoisotopic (exact) mass is 278 g/mol. The molecule has 2 fully saturated rings. The standard InChI is InChI=1S/C16H26N2S/c1-10-6-5-9-16(11(10)2,18-14-7-8-14)15-17-12(3)13(4)19-15/h10-11,14,18H,5-9H2,1-4H3. The predicted molar refractivity (Wildman–Crippen MR) is 81.6 cm³/mol. The smallest absolute Gasteiger partial charge is 0.114 e. The molecule has 2 saturated carbocycles. The molecular formula is C16H26N2S. The minimum absolute atomic E-state index is 0.155. The van der Waals surface area contributed by atoms with Crippen LogP contribution in [0.4, 0.5) is 0 Å². The Hall–Kier alpha value is -0.410. The molecule has 19 heavy (non-hydrogen) atoms. The van der Waals surface area contributed by atoms with Gasteiger partial charge in [-0.2, -0.15) is 0 Å². The first-order valence-electron chi connectivity index (χ1n) is 7.75. The summed E-state index contributed by atoms with van der Waals surface area (Å²) in [4.78, 5) is 6.31. The summed E-state index contributed by atoms with van der Waals surface area (Å²) in [5.41, 5.74) is 1.38. The summed E-state index contributed by atoms with van der Waals surface area (Å²) in [5, 5.41) is 5.35. The SMILES string of the molecule is Cc1nc(C2(NC3CC3)CCCC(C)C2C)sc1C. The molecule has 0 amide bonds. The van der Waals surface area contributed by atoms with Crippen LogP contribution in [0.1, 0.15) is 61.5 Å². The molecule has 3 rings (SSSR count). The Morgan fingerprint density at radius 1 is 1.21 bits per heavy atom. The predicted octanol–water partition coefficient (Wildman–Crippen LogP) is 4.16. The Balaban J connectivity index is 1.99. The topological polar surface area (TPSA) is 24.9 Å². The van der Waals surface area contributed by atoms with Gasteiger partial charge in [-0.25, -0.2) is 4.98 Å². The second-order valence-electron chi connectivity index (χ2n) is 6.71. The third-order valence-electron chi connectivity index (χ3n) is 5.31. The average molecular weight is 278 g/mol. The van der Waals surface area contributed by atoms with Gasteiger partial charge in [0.15, 0.2) is 0 Å². The van der Waals surface area contributed by atoms with Gasteiger partial charge in [0.05, 0.1) is 11.2 Å². The lowest BCUT2D eigenvalue weighted by Gasteiger charge is -2.45. The molecule has 0 bridgehead atoms. The van der Waals surface area contributed by atoms with E-state index >= 15 is 0 Å². The number of thiazole rings is 1. The molecule has 0 aromatic carbocycles. The van der Waals surface area contributed by atoms with Crippen molar-refractivity contribution in [2.24, 2.45) is 11.8 Å². The van der Waals surface area contributed by atoms with Crippen molar-refractivity contribution in [1.82, 2.24) is 10.3 Å². The van der Waals surface area contributed by atoms with Crippen molar-refractivity contribution >= 4 is 11.3 Å². The van der Waals surface area contributed by atoms with Crippen molar-refractivity contribution in [1.29, 1.82) is 0 Å². The van der Waals surface area contributed by atoms with Crippen LogP contribution >= 0.6 is 11.3 Å². The minimum atomic E-state index is 0.155. The molecule has 2 aliphatic carbocycles. The van der Waals surface area contributed by atoms with E-state index in [-0.39, 0.29) is 5.54 Å². The van der Waals surface area contributed by atoms with E-state index in [2.05, 4.69) is 33.0 Å². The minimum Gasteiger partial charge on any atom is -0.302 e. The fourth-order valence-corrected chi connectivity index (χ4v) is 4.68. The number of nitrogens with zero attached hydrogens (tertiary/aromatic N) is 1. The highest BCUT2D eigenvalue weighted by Gasteiger charge is 2.47. The number of hydrogen-bond donors (Lipinski definition) is 1. The molecule has 1 heterocycles. The van der Waals surface area contributed by atoms with Crippen LogP contribution in [-0.4, -0.2) is 11.0 Å². The molecule has 106 valence electrons. The fraction of sp³-hybridized carbons (Fsp3) is 0.812. The Kier molecular flexibility index (Phi) is 3.46. The lowest BCUT2D eigenvalue weighted by atomic mass is 9.68. The summed E-state index contributed by atoms with van der Waals surface area (Å²) in [6.07, 6.45) is 6.68. The van der Waals surface area contributed by atoms with Crippen molar-refractivity contribution in [2.75, 3.05) is 0 Å². The molecule has 1 aromatic rings. The van der Waals surface area contributed by atoms with Crippen LogP contribution in [0, 0.1) is 25.7 Å². The van der Waals surface area contributed by atoms with Crippen LogP contribution in [0.2, 0.25) is 0 Å². The van der Waals surface area contributed by atoms with Gasteiger partial charge < -0.3 is 5.32 Å². The molecule has 0 aliphatic heterocycles. The molecule has 0 spiro atoms. The van der Waals surface area contributed by atoms with Crippen molar-refractivity contribution in [3.63, 3.8) is 0 Å². The highest BCUT2D eigenvalue weighted by Crippen LogP contribution is 2.47. The second-order valence-corrected chi connectivity index (χ2v) is 7.91. The number of hydrogen-bond acceptors (Lipinski definition) is 3. The van der Waals surface area contributed by atoms with Crippen molar-refractivity contribution in [2.45, 2.75) is 71.4 Å². The summed E-state index contributed by atoms with van der Waals surface area (Å²) in [5.74, 6) is 1.48.